The lowest BCUT2D eigenvalue weighted by molar-refractivity contribution is -0.135. The van der Waals surface area contributed by atoms with Crippen LogP contribution in [0.3, 0.4) is 0 Å². The molecule has 0 heterocycles. The third-order valence-electron chi connectivity index (χ3n) is 2.68. The summed E-state index contributed by atoms with van der Waals surface area (Å²) in [5.74, 6) is 0. The van der Waals surface area contributed by atoms with Gasteiger partial charge in [0.05, 0.1) is 0 Å². The van der Waals surface area contributed by atoms with E-state index in [1.165, 1.54) is 5.56 Å². The molecule has 0 aliphatic carbocycles. The van der Waals surface area contributed by atoms with Crippen molar-refractivity contribution >= 4 is 0 Å². The lowest BCUT2D eigenvalue weighted by atomic mass is 10.1. The van der Waals surface area contributed by atoms with Crippen LogP contribution >= 0.6 is 0 Å². The van der Waals surface area contributed by atoms with Gasteiger partial charge in [0, 0.05) is 6.42 Å². The molecule has 0 spiro atoms. The van der Waals surface area contributed by atoms with Gasteiger partial charge in [-0.05, 0) is 30.9 Å². The molecule has 0 bridgehead atoms. The molecule has 3 heteroatoms. The predicted octanol–water partition coefficient (Wildman–Crippen LogP) is 4.93. The number of unbranched alkanes of at least 4 members (excludes halogenated alkanes) is 4. The SMILES string of the molecule is FC(F)(F)CCCCCCCc1[c]cccc1. The maximum atomic E-state index is 11.8. The molecule has 0 fully saturated rings. The summed E-state index contributed by atoms with van der Waals surface area (Å²) >= 11 is 0. The van der Waals surface area contributed by atoms with E-state index in [9.17, 15) is 13.2 Å². The number of hydrogen-bond donors (Lipinski definition) is 0. The molecule has 1 radical (unpaired) electrons. The van der Waals surface area contributed by atoms with Gasteiger partial charge in [-0.3, -0.25) is 0 Å². The van der Waals surface area contributed by atoms with E-state index in [4.69, 9.17) is 0 Å². The number of benzene rings is 1. The van der Waals surface area contributed by atoms with Gasteiger partial charge in [0.2, 0.25) is 0 Å². The quantitative estimate of drug-likeness (QED) is 0.595. The molecule has 0 aliphatic rings. The van der Waals surface area contributed by atoms with E-state index in [2.05, 4.69) is 6.07 Å². The second-order valence-electron chi connectivity index (χ2n) is 4.27. The van der Waals surface area contributed by atoms with Crippen LogP contribution in [-0.4, -0.2) is 6.18 Å². The van der Waals surface area contributed by atoms with Crippen molar-refractivity contribution in [3.05, 3.63) is 35.9 Å². The smallest absolute Gasteiger partial charge is 0.171 e. The topological polar surface area (TPSA) is 0 Å². The Balaban J connectivity index is 1.95. The van der Waals surface area contributed by atoms with Crippen molar-refractivity contribution in [1.82, 2.24) is 0 Å². The van der Waals surface area contributed by atoms with E-state index >= 15 is 0 Å². The highest BCUT2D eigenvalue weighted by Gasteiger charge is 2.25. The second kappa shape index (κ2) is 7.36. The Morgan fingerprint density at radius 1 is 0.941 bits per heavy atom. The molecule has 17 heavy (non-hydrogen) atoms. The highest BCUT2D eigenvalue weighted by atomic mass is 19.4. The van der Waals surface area contributed by atoms with Crippen LogP contribution in [0.25, 0.3) is 0 Å². The lowest BCUT2D eigenvalue weighted by Crippen LogP contribution is -2.06. The number of aryl methyl sites for hydroxylation is 1. The Morgan fingerprint density at radius 2 is 1.65 bits per heavy atom. The maximum absolute atomic E-state index is 11.8. The molecule has 0 nitrogen and oxygen atoms in total. The van der Waals surface area contributed by atoms with Crippen molar-refractivity contribution in [3.63, 3.8) is 0 Å². The highest BCUT2D eigenvalue weighted by Crippen LogP contribution is 2.23. The summed E-state index contributed by atoms with van der Waals surface area (Å²) in [6.07, 6.45) is 0.216. The minimum atomic E-state index is -3.99. The van der Waals surface area contributed by atoms with Gasteiger partial charge in [0.15, 0.2) is 0 Å². The van der Waals surface area contributed by atoms with Crippen LogP contribution in [0.15, 0.2) is 24.3 Å². The molecule has 0 N–H and O–H groups in total. The molecule has 1 aromatic rings. The Morgan fingerprint density at radius 3 is 2.29 bits per heavy atom. The zero-order chi connectivity index (χ0) is 12.6. The Labute approximate surface area is 101 Å². The van der Waals surface area contributed by atoms with E-state index in [0.717, 1.165) is 25.7 Å². The largest absolute Gasteiger partial charge is 0.389 e. The molecular formula is C14H18F3. The van der Waals surface area contributed by atoms with Crippen LogP contribution in [0.4, 0.5) is 13.2 Å². The first-order valence-electron chi connectivity index (χ1n) is 6.10. The van der Waals surface area contributed by atoms with Gasteiger partial charge >= 0.3 is 6.18 Å². The third kappa shape index (κ3) is 7.83. The number of alkyl halides is 3. The normalized spacial score (nSPS) is 11.7. The monoisotopic (exact) mass is 243 g/mol. The van der Waals surface area contributed by atoms with Gasteiger partial charge in [-0.15, -0.1) is 0 Å². The lowest BCUT2D eigenvalue weighted by Gasteiger charge is -2.05. The van der Waals surface area contributed by atoms with E-state index in [-0.39, 0.29) is 6.42 Å². The Hall–Kier alpha value is -0.990. The number of rotatable bonds is 7. The van der Waals surface area contributed by atoms with Crippen LogP contribution < -0.4 is 0 Å². The molecular weight excluding hydrogens is 225 g/mol. The van der Waals surface area contributed by atoms with Gasteiger partial charge < -0.3 is 0 Å². The van der Waals surface area contributed by atoms with Gasteiger partial charge in [0.1, 0.15) is 0 Å². The Bertz CT molecular complexity index is 290. The molecule has 1 rings (SSSR count). The zero-order valence-electron chi connectivity index (χ0n) is 9.89. The predicted molar refractivity (Wildman–Crippen MR) is 62.7 cm³/mol. The van der Waals surface area contributed by atoms with E-state index in [1.54, 1.807) is 0 Å². The fourth-order valence-corrected chi connectivity index (χ4v) is 1.76. The summed E-state index contributed by atoms with van der Waals surface area (Å²) < 4.78 is 35.5. The fourth-order valence-electron chi connectivity index (χ4n) is 1.76. The first kappa shape index (κ1) is 14.1. The van der Waals surface area contributed by atoms with Gasteiger partial charge in [0.25, 0.3) is 0 Å². The van der Waals surface area contributed by atoms with Crippen LogP contribution in [0.5, 0.6) is 0 Å². The van der Waals surface area contributed by atoms with Crippen molar-refractivity contribution in [2.75, 3.05) is 0 Å². The first-order chi connectivity index (χ1) is 8.08. The molecule has 0 atom stereocenters. The Kier molecular flexibility index (Phi) is 6.09. The standard InChI is InChI=1S/C14H18F3/c15-14(16,17)12-8-3-1-2-5-9-13-10-6-4-7-11-13/h4,6-7,10H,1-3,5,8-9,12H2. The van der Waals surface area contributed by atoms with Crippen molar-refractivity contribution < 1.29 is 13.2 Å². The molecule has 0 aromatic heterocycles. The summed E-state index contributed by atoms with van der Waals surface area (Å²) in [6.45, 7) is 0. The van der Waals surface area contributed by atoms with Crippen LogP contribution in [0.2, 0.25) is 0 Å². The molecule has 1 aromatic carbocycles. The fraction of sp³-hybridized carbons (Fsp3) is 0.571. The van der Waals surface area contributed by atoms with Crippen LogP contribution in [0.1, 0.15) is 44.1 Å². The van der Waals surface area contributed by atoms with Crippen molar-refractivity contribution in [1.29, 1.82) is 0 Å². The third-order valence-corrected chi connectivity index (χ3v) is 2.68. The van der Waals surface area contributed by atoms with E-state index < -0.39 is 12.6 Å². The van der Waals surface area contributed by atoms with E-state index in [1.807, 2.05) is 24.3 Å². The summed E-state index contributed by atoms with van der Waals surface area (Å²) in [5.41, 5.74) is 1.18. The van der Waals surface area contributed by atoms with Crippen molar-refractivity contribution in [2.45, 2.75) is 51.1 Å². The van der Waals surface area contributed by atoms with Crippen LogP contribution in [0, 0.1) is 6.07 Å². The minimum Gasteiger partial charge on any atom is -0.171 e. The second-order valence-corrected chi connectivity index (χ2v) is 4.27. The summed E-state index contributed by atoms with van der Waals surface area (Å²) in [4.78, 5) is 0. The van der Waals surface area contributed by atoms with E-state index in [0.29, 0.717) is 6.42 Å². The molecule has 0 unspecified atom stereocenters. The van der Waals surface area contributed by atoms with Gasteiger partial charge in [-0.2, -0.15) is 13.2 Å². The average Bonchev–Trinajstić information content (AvgIpc) is 2.28. The van der Waals surface area contributed by atoms with Gasteiger partial charge in [-0.1, -0.05) is 43.5 Å². The number of hydrogen-bond acceptors (Lipinski definition) is 0. The first-order valence-corrected chi connectivity index (χ1v) is 6.10. The highest BCUT2D eigenvalue weighted by molar-refractivity contribution is 5.12. The van der Waals surface area contributed by atoms with Gasteiger partial charge in [-0.25, -0.2) is 0 Å². The zero-order valence-corrected chi connectivity index (χ0v) is 9.89. The maximum Gasteiger partial charge on any atom is 0.389 e. The van der Waals surface area contributed by atoms with Crippen LogP contribution in [-0.2, 0) is 6.42 Å². The molecule has 0 saturated heterocycles. The molecule has 0 amide bonds. The molecule has 0 saturated carbocycles. The minimum absolute atomic E-state index is 0.265. The van der Waals surface area contributed by atoms with Crippen molar-refractivity contribution in [3.8, 4) is 0 Å². The molecule has 0 aliphatic heterocycles. The summed E-state index contributed by atoms with van der Waals surface area (Å²) in [5, 5.41) is 0. The number of halogens is 3. The van der Waals surface area contributed by atoms with Crippen molar-refractivity contribution in [2.24, 2.45) is 0 Å². The summed E-state index contributed by atoms with van der Waals surface area (Å²) in [6, 6.07) is 11.0. The summed E-state index contributed by atoms with van der Waals surface area (Å²) in [7, 11) is 0. The average molecular weight is 243 g/mol. The molecule has 95 valence electrons.